The van der Waals surface area contributed by atoms with Gasteiger partial charge in [-0.25, -0.2) is 9.18 Å². The largest absolute Gasteiger partial charge is 0.465 e. The zero-order valence-corrected chi connectivity index (χ0v) is 14.8. The van der Waals surface area contributed by atoms with Gasteiger partial charge in [-0.3, -0.25) is 4.79 Å². The fourth-order valence-corrected chi connectivity index (χ4v) is 3.65. The van der Waals surface area contributed by atoms with E-state index >= 15 is 0 Å². The zero-order chi connectivity index (χ0) is 18.6. The summed E-state index contributed by atoms with van der Waals surface area (Å²) in [6.45, 7) is 0.510. The maximum absolute atomic E-state index is 13.2. The number of rotatable bonds is 5. The summed E-state index contributed by atoms with van der Waals surface area (Å²) in [7, 11) is 1.32. The molecule has 136 valence electrons. The SMILES string of the molecule is COC(=O)c1ccc(C(=O)NCC2(c3ccc(F)cc3)CCCC2)cc1. The van der Waals surface area contributed by atoms with Crippen LogP contribution in [0.2, 0.25) is 0 Å². The molecule has 1 saturated carbocycles. The van der Waals surface area contributed by atoms with Crippen LogP contribution in [0.5, 0.6) is 0 Å². The number of carbonyl (C=O) groups is 2. The van der Waals surface area contributed by atoms with Crippen LogP contribution < -0.4 is 5.32 Å². The van der Waals surface area contributed by atoms with Gasteiger partial charge in [-0.1, -0.05) is 25.0 Å². The fraction of sp³-hybridized carbons (Fsp3) is 0.333. The Morgan fingerprint density at radius 3 is 2.15 bits per heavy atom. The number of halogens is 1. The van der Waals surface area contributed by atoms with Gasteiger partial charge in [0.15, 0.2) is 0 Å². The lowest BCUT2D eigenvalue weighted by atomic mass is 9.78. The van der Waals surface area contributed by atoms with Crippen LogP contribution >= 0.6 is 0 Å². The van der Waals surface area contributed by atoms with Gasteiger partial charge in [0.05, 0.1) is 12.7 Å². The normalized spacial score (nSPS) is 15.5. The Morgan fingerprint density at radius 2 is 1.58 bits per heavy atom. The molecule has 0 bridgehead atoms. The van der Waals surface area contributed by atoms with Crippen LogP contribution in [0.3, 0.4) is 0 Å². The number of nitrogens with one attached hydrogen (secondary N) is 1. The van der Waals surface area contributed by atoms with Crippen LogP contribution in [0.1, 0.15) is 52.0 Å². The number of hydrogen-bond donors (Lipinski definition) is 1. The van der Waals surface area contributed by atoms with Gasteiger partial charge in [0.2, 0.25) is 0 Å². The monoisotopic (exact) mass is 355 g/mol. The van der Waals surface area contributed by atoms with Gasteiger partial charge in [-0.2, -0.15) is 0 Å². The number of amides is 1. The maximum Gasteiger partial charge on any atom is 0.337 e. The summed E-state index contributed by atoms with van der Waals surface area (Å²) >= 11 is 0. The second-order valence-corrected chi connectivity index (χ2v) is 6.75. The molecule has 1 fully saturated rings. The first kappa shape index (κ1) is 18.1. The molecule has 5 heteroatoms. The highest BCUT2D eigenvalue weighted by Crippen LogP contribution is 2.40. The van der Waals surface area contributed by atoms with Crippen molar-refractivity contribution in [2.45, 2.75) is 31.1 Å². The van der Waals surface area contributed by atoms with Crippen molar-refractivity contribution in [2.75, 3.05) is 13.7 Å². The van der Waals surface area contributed by atoms with E-state index in [9.17, 15) is 14.0 Å². The molecule has 0 spiro atoms. The summed E-state index contributed by atoms with van der Waals surface area (Å²) < 4.78 is 17.9. The predicted molar refractivity (Wildman–Crippen MR) is 96.7 cm³/mol. The van der Waals surface area contributed by atoms with Gasteiger partial charge in [0.1, 0.15) is 5.82 Å². The quantitative estimate of drug-likeness (QED) is 0.829. The van der Waals surface area contributed by atoms with E-state index in [1.165, 1.54) is 19.2 Å². The van der Waals surface area contributed by atoms with E-state index in [1.54, 1.807) is 24.3 Å². The number of carbonyl (C=O) groups excluding carboxylic acids is 2. The van der Waals surface area contributed by atoms with Gasteiger partial charge < -0.3 is 10.1 Å². The third-order valence-corrected chi connectivity index (χ3v) is 5.17. The Kier molecular flexibility index (Phi) is 5.35. The third-order valence-electron chi connectivity index (χ3n) is 5.17. The van der Waals surface area contributed by atoms with Crippen LogP contribution in [-0.4, -0.2) is 25.5 Å². The van der Waals surface area contributed by atoms with Crippen molar-refractivity contribution in [3.05, 3.63) is 71.0 Å². The molecule has 0 aliphatic heterocycles. The number of methoxy groups -OCH3 is 1. The van der Waals surface area contributed by atoms with Gasteiger partial charge in [-0.05, 0) is 54.8 Å². The fourth-order valence-electron chi connectivity index (χ4n) is 3.65. The van der Waals surface area contributed by atoms with Crippen molar-refractivity contribution >= 4 is 11.9 Å². The summed E-state index contributed by atoms with van der Waals surface area (Å²) in [6, 6.07) is 13.0. The average molecular weight is 355 g/mol. The van der Waals surface area contributed by atoms with Crippen molar-refractivity contribution in [1.82, 2.24) is 5.32 Å². The van der Waals surface area contributed by atoms with Gasteiger partial charge in [0.25, 0.3) is 5.91 Å². The van der Waals surface area contributed by atoms with Gasteiger partial charge in [-0.15, -0.1) is 0 Å². The summed E-state index contributed by atoms with van der Waals surface area (Å²) in [5, 5.41) is 3.01. The average Bonchev–Trinajstić information content (AvgIpc) is 3.16. The maximum atomic E-state index is 13.2. The van der Waals surface area contributed by atoms with E-state index in [4.69, 9.17) is 0 Å². The first-order valence-electron chi connectivity index (χ1n) is 8.77. The van der Waals surface area contributed by atoms with Crippen molar-refractivity contribution in [2.24, 2.45) is 0 Å². The van der Waals surface area contributed by atoms with Crippen LogP contribution in [-0.2, 0) is 10.2 Å². The molecule has 0 radical (unpaired) electrons. The second-order valence-electron chi connectivity index (χ2n) is 6.75. The minimum Gasteiger partial charge on any atom is -0.465 e. The van der Waals surface area contributed by atoms with Crippen LogP contribution in [0, 0.1) is 5.82 Å². The lowest BCUT2D eigenvalue weighted by Gasteiger charge is -2.30. The number of benzene rings is 2. The minimum absolute atomic E-state index is 0.144. The van der Waals surface area contributed by atoms with Crippen LogP contribution in [0.15, 0.2) is 48.5 Å². The summed E-state index contributed by atoms with van der Waals surface area (Å²) in [6.07, 6.45) is 4.14. The number of hydrogen-bond acceptors (Lipinski definition) is 3. The van der Waals surface area contributed by atoms with Crippen molar-refractivity contribution in [3.8, 4) is 0 Å². The molecule has 2 aromatic rings. The predicted octanol–water partition coefficient (Wildman–Crippen LogP) is 3.85. The molecule has 1 amide bonds. The van der Waals surface area contributed by atoms with Gasteiger partial charge in [0, 0.05) is 17.5 Å². The molecule has 0 saturated heterocycles. The lowest BCUT2D eigenvalue weighted by Crippen LogP contribution is -2.39. The van der Waals surface area contributed by atoms with Gasteiger partial charge >= 0.3 is 5.97 Å². The smallest absolute Gasteiger partial charge is 0.337 e. The number of ether oxygens (including phenoxy) is 1. The highest BCUT2D eigenvalue weighted by Gasteiger charge is 2.36. The lowest BCUT2D eigenvalue weighted by molar-refractivity contribution is 0.0600. The second kappa shape index (κ2) is 7.68. The van der Waals surface area contributed by atoms with Crippen molar-refractivity contribution in [3.63, 3.8) is 0 Å². The van der Waals surface area contributed by atoms with Crippen molar-refractivity contribution < 1.29 is 18.7 Å². The summed E-state index contributed by atoms with van der Waals surface area (Å²) in [4.78, 5) is 24.0. The Balaban J connectivity index is 1.70. The summed E-state index contributed by atoms with van der Waals surface area (Å²) in [5.41, 5.74) is 1.82. The molecule has 0 atom stereocenters. The Labute approximate surface area is 152 Å². The van der Waals surface area contributed by atoms with Crippen LogP contribution in [0.4, 0.5) is 4.39 Å². The molecule has 0 aromatic heterocycles. The van der Waals surface area contributed by atoms with Crippen LogP contribution in [0.25, 0.3) is 0 Å². The molecule has 26 heavy (non-hydrogen) atoms. The zero-order valence-electron chi connectivity index (χ0n) is 14.8. The van der Waals surface area contributed by atoms with E-state index in [1.807, 2.05) is 12.1 Å². The molecule has 2 aromatic carbocycles. The molecule has 3 rings (SSSR count). The van der Waals surface area contributed by atoms with Crippen molar-refractivity contribution in [1.29, 1.82) is 0 Å². The first-order valence-corrected chi connectivity index (χ1v) is 8.77. The van der Waals surface area contributed by atoms with E-state index < -0.39 is 5.97 Å². The Bertz CT molecular complexity index is 778. The topological polar surface area (TPSA) is 55.4 Å². The third kappa shape index (κ3) is 3.77. The molecule has 1 N–H and O–H groups in total. The minimum atomic E-state index is -0.432. The molecule has 0 heterocycles. The molecule has 1 aliphatic carbocycles. The Hall–Kier alpha value is -2.69. The van der Waals surface area contributed by atoms with E-state index in [-0.39, 0.29) is 17.1 Å². The molecular formula is C21H22FNO3. The standard InChI is InChI=1S/C21H22FNO3/c1-26-20(25)16-6-4-15(5-7-16)19(24)23-14-21(12-2-3-13-21)17-8-10-18(22)11-9-17/h4-11H,2-3,12-14H2,1H3,(H,23,24). The number of esters is 1. The highest BCUT2D eigenvalue weighted by molar-refractivity contribution is 5.96. The highest BCUT2D eigenvalue weighted by atomic mass is 19.1. The molecule has 4 nitrogen and oxygen atoms in total. The molecule has 1 aliphatic rings. The Morgan fingerprint density at radius 1 is 1.00 bits per heavy atom. The summed E-state index contributed by atoms with van der Waals surface area (Å²) in [5.74, 6) is -0.871. The van der Waals surface area contributed by atoms with E-state index in [2.05, 4.69) is 10.1 Å². The van der Waals surface area contributed by atoms with E-state index in [0.29, 0.717) is 17.7 Å². The molecular weight excluding hydrogens is 333 g/mol. The first-order chi connectivity index (χ1) is 12.5. The molecule has 0 unspecified atom stereocenters. The van der Waals surface area contributed by atoms with E-state index in [0.717, 1.165) is 31.2 Å².